The van der Waals surface area contributed by atoms with Crippen LogP contribution in [0.2, 0.25) is 5.02 Å². The lowest BCUT2D eigenvalue weighted by atomic mass is 9.87. The van der Waals surface area contributed by atoms with Gasteiger partial charge in [-0.3, -0.25) is 9.69 Å². The lowest BCUT2D eigenvalue weighted by molar-refractivity contribution is -0.133. The van der Waals surface area contributed by atoms with Crippen LogP contribution in [0.1, 0.15) is 31.7 Å². The first-order chi connectivity index (χ1) is 10.6. The van der Waals surface area contributed by atoms with Gasteiger partial charge in [0.2, 0.25) is 0 Å². The van der Waals surface area contributed by atoms with Gasteiger partial charge in [-0.25, -0.2) is 9.69 Å². The highest BCUT2D eigenvalue weighted by Gasteiger charge is 2.51. The summed E-state index contributed by atoms with van der Waals surface area (Å²) in [6, 6.07) is 6.84. The third-order valence-corrected chi connectivity index (χ3v) is 4.80. The minimum Gasteiger partial charge on any atom is -0.319 e. The molecule has 0 aromatic heterocycles. The maximum absolute atomic E-state index is 12.9. The highest BCUT2D eigenvalue weighted by atomic mass is 35.5. The Morgan fingerprint density at radius 1 is 1.27 bits per heavy atom. The van der Waals surface area contributed by atoms with Crippen LogP contribution in [0.5, 0.6) is 0 Å². The van der Waals surface area contributed by atoms with E-state index in [1.165, 1.54) is 4.90 Å². The number of hydrogen-bond donors (Lipinski definition) is 1. The zero-order valence-electron chi connectivity index (χ0n) is 12.6. The zero-order chi connectivity index (χ0) is 15.7. The molecule has 1 atom stereocenters. The second-order valence-electron chi connectivity index (χ2n) is 5.90. The zero-order valence-corrected chi connectivity index (χ0v) is 13.4. The normalized spacial score (nSPS) is 25.8. The van der Waals surface area contributed by atoms with Gasteiger partial charge in [0, 0.05) is 5.02 Å². The number of nitrogens with one attached hydrogen (secondary N) is 1. The van der Waals surface area contributed by atoms with E-state index in [1.54, 1.807) is 18.2 Å². The van der Waals surface area contributed by atoms with Crippen molar-refractivity contribution in [3.8, 4) is 0 Å². The lowest BCUT2D eigenvalue weighted by Gasteiger charge is -2.27. The molecule has 0 unspecified atom stereocenters. The van der Waals surface area contributed by atoms with E-state index in [4.69, 9.17) is 11.6 Å². The fraction of sp³-hybridized carbons (Fsp3) is 0.500. The number of hydrogen-bond acceptors (Lipinski definition) is 3. The van der Waals surface area contributed by atoms with Gasteiger partial charge in [-0.05, 0) is 50.0 Å². The number of benzene rings is 1. The minimum atomic E-state index is -0.998. The summed E-state index contributed by atoms with van der Waals surface area (Å²) in [5.41, 5.74) is -0.258. The quantitative estimate of drug-likeness (QED) is 0.867. The summed E-state index contributed by atoms with van der Waals surface area (Å²) in [5.74, 6) is -0.186. The number of urea groups is 1. The molecular weight excluding hydrogens is 302 g/mol. The van der Waals surface area contributed by atoms with Crippen LogP contribution in [0.4, 0.5) is 4.79 Å². The molecule has 0 aliphatic carbocycles. The summed E-state index contributed by atoms with van der Waals surface area (Å²) in [7, 11) is 0. The molecule has 3 rings (SSSR count). The van der Waals surface area contributed by atoms with E-state index in [0.717, 1.165) is 31.5 Å². The summed E-state index contributed by atoms with van der Waals surface area (Å²) in [4.78, 5) is 28.7. The van der Waals surface area contributed by atoms with E-state index in [0.29, 0.717) is 18.1 Å². The molecule has 5 nitrogen and oxygen atoms in total. The summed E-state index contributed by atoms with van der Waals surface area (Å²) in [6.07, 6.45) is 2.74. The first-order valence-electron chi connectivity index (χ1n) is 7.69. The number of rotatable bonds is 4. The molecule has 0 saturated carbocycles. The molecule has 2 saturated heterocycles. The Balaban J connectivity index is 1.89. The predicted molar refractivity (Wildman–Crippen MR) is 84.5 cm³/mol. The second kappa shape index (κ2) is 5.89. The van der Waals surface area contributed by atoms with E-state index < -0.39 is 5.54 Å². The van der Waals surface area contributed by atoms with Crippen molar-refractivity contribution >= 4 is 23.5 Å². The van der Waals surface area contributed by atoms with Gasteiger partial charge in [0.15, 0.2) is 0 Å². The summed E-state index contributed by atoms with van der Waals surface area (Å²) < 4.78 is 0. The maximum atomic E-state index is 12.9. The monoisotopic (exact) mass is 321 g/mol. The SMILES string of the molecule is CC[C@]1(c2cccc(Cl)c2)NC(=O)N(CN2CCCC2)C1=O. The Morgan fingerprint density at radius 2 is 2.00 bits per heavy atom. The number of imide groups is 1. The van der Waals surface area contributed by atoms with Gasteiger partial charge < -0.3 is 5.32 Å². The van der Waals surface area contributed by atoms with Crippen molar-refractivity contribution in [1.82, 2.24) is 15.1 Å². The molecule has 2 heterocycles. The van der Waals surface area contributed by atoms with Crippen molar-refractivity contribution in [3.63, 3.8) is 0 Å². The average Bonchev–Trinajstić information content (AvgIpc) is 3.10. The molecule has 3 amide bonds. The van der Waals surface area contributed by atoms with Crippen LogP contribution in [0.15, 0.2) is 24.3 Å². The Kier molecular flexibility index (Phi) is 4.10. The van der Waals surface area contributed by atoms with Crippen molar-refractivity contribution in [2.75, 3.05) is 19.8 Å². The number of nitrogens with zero attached hydrogens (tertiary/aromatic N) is 2. The third kappa shape index (κ3) is 2.48. The van der Waals surface area contributed by atoms with Crippen LogP contribution in [0.3, 0.4) is 0 Å². The Bertz CT molecular complexity index is 601. The van der Waals surface area contributed by atoms with Crippen LogP contribution in [0.25, 0.3) is 0 Å². The molecule has 22 heavy (non-hydrogen) atoms. The summed E-state index contributed by atoms with van der Waals surface area (Å²) in [6.45, 7) is 4.14. The molecular formula is C16H20ClN3O2. The fourth-order valence-electron chi connectivity index (χ4n) is 3.27. The number of likely N-dealkylation sites (tertiary alicyclic amines) is 1. The highest BCUT2D eigenvalue weighted by Crippen LogP contribution is 2.33. The molecule has 2 aliphatic heterocycles. The molecule has 1 aromatic carbocycles. The van der Waals surface area contributed by atoms with Gasteiger partial charge in [0.05, 0.1) is 6.67 Å². The van der Waals surface area contributed by atoms with Gasteiger partial charge in [-0.2, -0.15) is 0 Å². The number of halogens is 1. The standard InChI is InChI=1S/C16H20ClN3O2/c1-2-16(12-6-5-7-13(17)10-12)14(21)20(15(22)18-16)11-19-8-3-4-9-19/h5-7,10H,2-4,8-9,11H2,1H3,(H,18,22)/t16-/m1/s1. The van der Waals surface area contributed by atoms with E-state index in [1.807, 2.05) is 13.0 Å². The fourth-order valence-corrected chi connectivity index (χ4v) is 3.46. The lowest BCUT2D eigenvalue weighted by Crippen LogP contribution is -2.44. The number of carbonyl (C=O) groups is 2. The third-order valence-electron chi connectivity index (χ3n) is 4.56. The van der Waals surface area contributed by atoms with Gasteiger partial charge in [0.25, 0.3) is 5.91 Å². The smallest absolute Gasteiger partial charge is 0.319 e. The topological polar surface area (TPSA) is 52.7 Å². The van der Waals surface area contributed by atoms with Crippen molar-refractivity contribution in [3.05, 3.63) is 34.9 Å². The first-order valence-corrected chi connectivity index (χ1v) is 8.07. The molecule has 0 bridgehead atoms. The number of carbonyl (C=O) groups excluding carboxylic acids is 2. The summed E-state index contributed by atoms with van der Waals surface area (Å²) >= 11 is 6.05. The van der Waals surface area contributed by atoms with Crippen molar-refractivity contribution in [2.45, 2.75) is 31.7 Å². The van der Waals surface area contributed by atoms with Crippen molar-refractivity contribution < 1.29 is 9.59 Å². The molecule has 1 N–H and O–H groups in total. The van der Waals surface area contributed by atoms with Crippen molar-refractivity contribution in [2.24, 2.45) is 0 Å². The molecule has 1 aromatic rings. The van der Waals surface area contributed by atoms with Crippen LogP contribution < -0.4 is 5.32 Å². The van der Waals surface area contributed by atoms with Gasteiger partial charge in [-0.1, -0.05) is 30.7 Å². The minimum absolute atomic E-state index is 0.186. The second-order valence-corrected chi connectivity index (χ2v) is 6.34. The Morgan fingerprint density at radius 3 is 2.64 bits per heavy atom. The molecule has 2 aliphatic rings. The first kappa shape index (κ1) is 15.3. The molecule has 0 spiro atoms. The van der Waals surface area contributed by atoms with Gasteiger partial charge >= 0.3 is 6.03 Å². The average molecular weight is 322 g/mol. The number of amides is 3. The molecule has 0 radical (unpaired) electrons. The Labute approximate surface area is 135 Å². The van der Waals surface area contributed by atoms with Gasteiger partial charge in [-0.15, -0.1) is 0 Å². The predicted octanol–water partition coefficient (Wildman–Crippen LogP) is 2.55. The van der Waals surface area contributed by atoms with Crippen LogP contribution in [-0.4, -0.2) is 41.5 Å². The van der Waals surface area contributed by atoms with E-state index in [-0.39, 0.29) is 11.9 Å². The highest BCUT2D eigenvalue weighted by molar-refractivity contribution is 6.30. The maximum Gasteiger partial charge on any atom is 0.326 e. The summed E-state index contributed by atoms with van der Waals surface area (Å²) in [5, 5.41) is 3.45. The van der Waals surface area contributed by atoms with Crippen LogP contribution in [0, 0.1) is 0 Å². The molecule has 118 valence electrons. The Hall–Kier alpha value is -1.59. The van der Waals surface area contributed by atoms with Crippen molar-refractivity contribution in [1.29, 1.82) is 0 Å². The molecule has 6 heteroatoms. The molecule has 2 fully saturated rings. The van der Waals surface area contributed by atoms with Crippen LogP contribution >= 0.6 is 11.6 Å². The van der Waals surface area contributed by atoms with Crippen LogP contribution in [-0.2, 0) is 10.3 Å². The van der Waals surface area contributed by atoms with E-state index >= 15 is 0 Å². The van der Waals surface area contributed by atoms with E-state index in [9.17, 15) is 9.59 Å². The van der Waals surface area contributed by atoms with E-state index in [2.05, 4.69) is 10.2 Å². The largest absolute Gasteiger partial charge is 0.326 e. The van der Waals surface area contributed by atoms with Gasteiger partial charge in [0.1, 0.15) is 5.54 Å².